The van der Waals surface area contributed by atoms with E-state index in [2.05, 4.69) is 10.3 Å². The summed E-state index contributed by atoms with van der Waals surface area (Å²) in [5.41, 5.74) is -0.808. The zero-order valence-corrected chi connectivity index (χ0v) is 23.3. The van der Waals surface area contributed by atoms with Crippen LogP contribution in [0.3, 0.4) is 0 Å². The third kappa shape index (κ3) is 6.01. The highest BCUT2D eigenvalue weighted by Crippen LogP contribution is 2.47. The second-order valence-electron chi connectivity index (χ2n) is 10.2. The number of para-hydroxylation sites is 1. The molecule has 214 valence electrons. The minimum atomic E-state index is -1.89. The first-order valence-corrected chi connectivity index (χ1v) is 14.2. The number of imidazole rings is 1. The average molecular weight is 587 g/mol. The van der Waals surface area contributed by atoms with Gasteiger partial charge in [0.2, 0.25) is 5.91 Å². The van der Waals surface area contributed by atoms with Crippen LogP contribution in [0.1, 0.15) is 22.3 Å². The summed E-state index contributed by atoms with van der Waals surface area (Å²) in [5, 5.41) is 2.61. The van der Waals surface area contributed by atoms with Crippen LogP contribution in [0.5, 0.6) is 11.5 Å². The molecular weight excluding hydrogens is 559 g/mol. The number of amides is 2. The van der Waals surface area contributed by atoms with Crippen LogP contribution in [0.25, 0.3) is 0 Å². The summed E-state index contributed by atoms with van der Waals surface area (Å²) in [6, 6.07) is 20.6. The molecule has 2 atom stereocenters. The Balaban J connectivity index is 1.12. The first kappa shape index (κ1) is 27.5. The molecule has 0 saturated carbocycles. The Labute approximate surface area is 245 Å². The summed E-state index contributed by atoms with van der Waals surface area (Å²) in [4.78, 5) is 46.4. The van der Waals surface area contributed by atoms with Crippen molar-refractivity contribution in [1.29, 1.82) is 0 Å². The van der Waals surface area contributed by atoms with Crippen LogP contribution in [0.4, 0.5) is 4.39 Å². The van der Waals surface area contributed by atoms with E-state index in [1.807, 2.05) is 54.6 Å². The first-order chi connectivity index (χ1) is 20.4. The molecule has 2 aliphatic heterocycles. The van der Waals surface area contributed by atoms with E-state index in [1.54, 1.807) is 40.7 Å². The predicted octanol–water partition coefficient (Wildman–Crippen LogP) is 4.62. The second-order valence-corrected chi connectivity index (χ2v) is 11.3. The first-order valence-electron chi connectivity index (χ1n) is 13.4. The third-order valence-corrected chi connectivity index (χ3v) is 8.24. The Hall–Kier alpha value is -4.64. The zero-order valence-electron chi connectivity index (χ0n) is 22.4. The number of benzene rings is 3. The van der Waals surface area contributed by atoms with E-state index >= 15 is 4.39 Å². The standard InChI is InChI=1S/C31H27FN4O5S/c32-31(18-35-13-12-33-20-35)15-23(30(39)40-17-21-6-2-1-3-7-21)36(19-31)28(37)16-34-29(38)22-10-11-27-25(14-22)41-24-8-4-5-9-26(24)42-27/h1-14,20,23H,15-19H2,(H,34,38)/t23-,31-/m0/s1. The normalized spacial score (nSPS) is 18.9. The molecule has 1 N–H and O–H groups in total. The Morgan fingerprint density at radius 2 is 1.83 bits per heavy atom. The molecule has 9 nitrogen and oxygen atoms in total. The van der Waals surface area contributed by atoms with E-state index in [4.69, 9.17) is 9.47 Å². The molecule has 0 bridgehead atoms. The summed E-state index contributed by atoms with van der Waals surface area (Å²) in [6.45, 7) is -0.826. The quantitative estimate of drug-likeness (QED) is 0.265. The molecule has 2 aliphatic rings. The van der Waals surface area contributed by atoms with Crippen molar-refractivity contribution >= 4 is 29.5 Å². The Kier molecular flexibility index (Phi) is 7.66. The molecule has 1 saturated heterocycles. The van der Waals surface area contributed by atoms with E-state index in [0.29, 0.717) is 17.1 Å². The van der Waals surface area contributed by atoms with Gasteiger partial charge >= 0.3 is 5.97 Å². The smallest absolute Gasteiger partial charge is 0.329 e. The Morgan fingerprint density at radius 1 is 1.05 bits per heavy atom. The number of fused-ring (bicyclic) bond motifs is 2. The number of carbonyl (C=O) groups is 3. The number of rotatable bonds is 8. The maximum Gasteiger partial charge on any atom is 0.329 e. The molecule has 2 amide bonds. The molecule has 1 aromatic heterocycles. The van der Waals surface area contributed by atoms with Gasteiger partial charge in [-0.25, -0.2) is 14.2 Å². The Bertz CT molecular complexity index is 1620. The van der Waals surface area contributed by atoms with E-state index < -0.39 is 36.0 Å². The monoisotopic (exact) mass is 586 g/mol. The van der Waals surface area contributed by atoms with Gasteiger partial charge in [0.25, 0.3) is 5.91 Å². The van der Waals surface area contributed by atoms with Crippen LogP contribution in [-0.2, 0) is 27.5 Å². The van der Waals surface area contributed by atoms with Crippen LogP contribution in [0, 0.1) is 0 Å². The minimum absolute atomic E-state index is 0.00109. The van der Waals surface area contributed by atoms with Gasteiger partial charge in [-0.2, -0.15) is 0 Å². The van der Waals surface area contributed by atoms with Gasteiger partial charge < -0.3 is 24.3 Å². The number of carbonyl (C=O) groups excluding carboxylic acids is 3. The predicted molar refractivity (Wildman–Crippen MR) is 152 cm³/mol. The lowest BCUT2D eigenvalue weighted by molar-refractivity contribution is -0.154. The number of ether oxygens (including phenoxy) is 2. The number of hydrogen-bond acceptors (Lipinski definition) is 7. The molecule has 11 heteroatoms. The van der Waals surface area contributed by atoms with Crippen LogP contribution in [0.2, 0.25) is 0 Å². The van der Waals surface area contributed by atoms with Crippen LogP contribution in [-0.4, -0.2) is 57.0 Å². The molecule has 0 radical (unpaired) electrons. The number of aromatic nitrogens is 2. The fraction of sp³-hybridized carbons (Fsp3) is 0.226. The van der Waals surface area contributed by atoms with Gasteiger partial charge in [0, 0.05) is 24.4 Å². The molecular formula is C31H27FN4O5S. The number of halogens is 1. The van der Waals surface area contributed by atoms with E-state index in [1.165, 1.54) is 12.5 Å². The number of nitrogens with one attached hydrogen (secondary N) is 1. The molecule has 3 heterocycles. The van der Waals surface area contributed by atoms with E-state index in [9.17, 15) is 14.4 Å². The molecule has 4 aromatic rings. The largest absolute Gasteiger partial charge is 0.459 e. The van der Waals surface area contributed by atoms with Crippen molar-refractivity contribution in [1.82, 2.24) is 19.8 Å². The lowest BCUT2D eigenvalue weighted by Gasteiger charge is -2.24. The number of likely N-dealkylation sites (tertiary alicyclic amines) is 1. The highest BCUT2D eigenvalue weighted by molar-refractivity contribution is 7.99. The van der Waals surface area contributed by atoms with Gasteiger partial charge in [0.05, 0.1) is 35.8 Å². The van der Waals surface area contributed by atoms with Gasteiger partial charge in [-0.1, -0.05) is 54.2 Å². The number of esters is 1. The number of hydrogen-bond donors (Lipinski definition) is 1. The van der Waals surface area contributed by atoms with Crippen LogP contribution < -0.4 is 10.1 Å². The third-order valence-electron chi connectivity index (χ3n) is 7.13. The van der Waals surface area contributed by atoms with Gasteiger partial charge in [-0.05, 0) is 35.9 Å². The van der Waals surface area contributed by atoms with Crippen molar-refractivity contribution < 1.29 is 28.2 Å². The zero-order chi connectivity index (χ0) is 29.1. The van der Waals surface area contributed by atoms with Gasteiger partial charge in [-0.15, -0.1) is 0 Å². The van der Waals surface area contributed by atoms with E-state index in [-0.39, 0.29) is 26.1 Å². The number of nitrogens with zero attached hydrogens (tertiary/aromatic N) is 3. The highest BCUT2D eigenvalue weighted by Gasteiger charge is 2.50. The number of alkyl halides is 1. The molecule has 3 aromatic carbocycles. The van der Waals surface area contributed by atoms with Crippen molar-refractivity contribution in [3.8, 4) is 11.5 Å². The molecule has 0 unspecified atom stereocenters. The van der Waals surface area contributed by atoms with Crippen molar-refractivity contribution in [2.75, 3.05) is 13.1 Å². The molecule has 1 fully saturated rings. The SMILES string of the molecule is O=C(NCC(=O)N1C[C@@](F)(Cn2ccnc2)C[C@H]1C(=O)OCc1ccccc1)c1ccc2c(c1)Oc1ccccc1S2. The fourth-order valence-electron chi connectivity index (χ4n) is 5.08. The maximum atomic E-state index is 16.0. The van der Waals surface area contributed by atoms with E-state index in [0.717, 1.165) is 20.3 Å². The molecule has 0 aliphatic carbocycles. The van der Waals surface area contributed by atoms with Gasteiger partial charge in [0.15, 0.2) is 0 Å². The fourth-order valence-corrected chi connectivity index (χ4v) is 6.02. The lowest BCUT2D eigenvalue weighted by atomic mass is 10.0. The summed E-state index contributed by atoms with van der Waals surface area (Å²) in [7, 11) is 0. The topological polar surface area (TPSA) is 103 Å². The average Bonchev–Trinajstić information content (AvgIpc) is 3.65. The van der Waals surface area contributed by atoms with Gasteiger partial charge in [-0.3, -0.25) is 9.59 Å². The van der Waals surface area contributed by atoms with Crippen molar-refractivity contribution in [3.05, 3.63) is 103 Å². The van der Waals surface area contributed by atoms with Crippen molar-refractivity contribution in [3.63, 3.8) is 0 Å². The molecule has 0 spiro atoms. The summed E-state index contributed by atoms with van der Waals surface area (Å²) in [5.74, 6) is -0.541. The lowest BCUT2D eigenvalue weighted by Crippen LogP contribution is -2.46. The summed E-state index contributed by atoms with van der Waals surface area (Å²) >= 11 is 1.54. The maximum absolute atomic E-state index is 16.0. The highest BCUT2D eigenvalue weighted by atomic mass is 32.2. The van der Waals surface area contributed by atoms with Crippen molar-refractivity contribution in [2.45, 2.75) is 41.1 Å². The van der Waals surface area contributed by atoms with Crippen molar-refractivity contribution in [2.24, 2.45) is 0 Å². The van der Waals surface area contributed by atoms with Crippen LogP contribution >= 0.6 is 11.8 Å². The molecule has 42 heavy (non-hydrogen) atoms. The summed E-state index contributed by atoms with van der Waals surface area (Å²) < 4.78 is 29.0. The van der Waals surface area contributed by atoms with Gasteiger partial charge in [0.1, 0.15) is 29.8 Å². The minimum Gasteiger partial charge on any atom is -0.459 e. The Morgan fingerprint density at radius 3 is 2.64 bits per heavy atom. The molecule has 6 rings (SSSR count). The van der Waals surface area contributed by atoms with Crippen LogP contribution in [0.15, 0.2) is 101 Å². The summed E-state index contributed by atoms with van der Waals surface area (Å²) in [6.07, 6.45) is 4.40. The second kappa shape index (κ2) is 11.7.